The van der Waals surface area contributed by atoms with E-state index in [0.717, 1.165) is 27.2 Å². The Bertz CT molecular complexity index is 1240. The molecule has 3 aromatic rings. The first kappa shape index (κ1) is 18.9. The standard InChI is InChI=1S/C26H20N2O4/c1-25-15-9-3-5-11-17(15)26(2,18-12-6-4-10-16(18)25)22-21(25)23(29)27(24(22)30)19-13-7-8-14-20(19)28(31)32/h3-14,21-22H,1-2H3/t21-,22-,25?,26?/m1/s1. The second-order valence-corrected chi connectivity index (χ2v) is 9.21. The van der Waals surface area contributed by atoms with Crippen molar-refractivity contribution in [2.24, 2.45) is 11.8 Å². The molecule has 3 aromatic carbocycles. The van der Waals surface area contributed by atoms with E-state index in [2.05, 4.69) is 0 Å². The average Bonchev–Trinajstić information content (AvgIpc) is 3.08. The van der Waals surface area contributed by atoms with Crippen molar-refractivity contribution >= 4 is 23.2 Å². The molecule has 2 bridgehead atoms. The third-order valence-corrected chi connectivity index (χ3v) is 7.96. The molecule has 0 saturated carbocycles. The van der Waals surface area contributed by atoms with Crippen LogP contribution in [0, 0.1) is 22.0 Å². The summed E-state index contributed by atoms with van der Waals surface area (Å²) in [6.07, 6.45) is 0. The maximum absolute atomic E-state index is 14.0. The van der Waals surface area contributed by atoms with Gasteiger partial charge in [-0.1, -0.05) is 74.5 Å². The van der Waals surface area contributed by atoms with Gasteiger partial charge in [-0.25, -0.2) is 4.90 Å². The van der Waals surface area contributed by atoms with Crippen LogP contribution in [-0.4, -0.2) is 16.7 Å². The molecule has 0 unspecified atom stereocenters. The fraction of sp³-hybridized carbons (Fsp3) is 0.231. The quantitative estimate of drug-likeness (QED) is 0.348. The van der Waals surface area contributed by atoms with Crippen LogP contribution in [0.2, 0.25) is 0 Å². The van der Waals surface area contributed by atoms with Crippen LogP contribution in [-0.2, 0) is 20.4 Å². The second-order valence-electron chi connectivity index (χ2n) is 9.21. The van der Waals surface area contributed by atoms with Crippen LogP contribution in [0.1, 0.15) is 36.1 Å². The predicted octanol–water partition coefficient (Wildman–Crippen LogP) is 4.34. The maximum Gasteiger partial charge on any atom is 0.293 e. The lowest BCUT2D eigenvalue weighted by Gasteiger charge is -2.57. The third-order valence-electron chi connectivity index (χ3n) is 7.96. The highest BCUT2D eigenvalue weighted by molar-refractivity contribution is 6.25. The van der Waals surface area contributed by atoms with E-state index in [0.29, 0.717) is 0 Å². The molecule has 7 rings (SSSR count). The largest absolute Gasteiger partial charge is 0.293 e. The number of imide groups is 1. The van der Waals surface area contributed by atoms with Crippen LogP contribution in [0.25, 0.3) is 0 Å². The molecule has 1 aliphatic heterocycles. The highest BCUT2D eigenvalue weighted by Gasteiger charge is 2.70. The first-order valence-electron chi connectivity index (χ1n) is 10.6. The molecule has 3 aliphatic carbocycles. The number of amides is 2. The Hall–Kier alpha value is -3.80. The van der Waals surface area contributed by atoms with Crippen LogP contribution in [0.3, 0.4) is 0 Å². The molecule has 0 N–H and O–H groups in total. The van der Waals surface area contributed by atoms with E-state index in [1.54, 1.807) is 6.07 Å². The highest BCUT2D eigenvalue weighted by Crippen LogP contribution is 2.66. The third kappa shape index (κ3) is 1.92. The van der Waals surface area contributed by atoms with E-state index < -0.39 is 27.6 Å². The average molecular weight is 424 g/mol. The smallest absolute Gasteiger partial charge is 0.274 e. The van der Waals surface area contributed by atoms with Gasteiger partial charge in [-0.05, 0) is 28.3 Å². The van der Waals surface area contributed by atoms with Crippen LogP contribution < -0.4 is 4.90 Å². The summed E-state index contributed by atoms with van der Waals surface area (Å²) in [5, 5.41) is 11.7. The Morgan fingerprint density at radius 1 is 0.719 bits per heavy atom. The van der Waals surface area contributed by atoms with Crippen LogP contribution in [0.4, 0.5) is 11.4 Å². The van der Waals surface area contributed by atoms with Gasteiger partial charge in [0, 0.05) is 16.9 Å². The Kier molecular flexibility index (Phi) is 3.50. The summed E-state index contributed by atoms with van der Waals surface area (Å²) in [7, 11) is 0. The number of para-hydroxylation sites is 2. The van der Waals surface area contributed by atoms with Crippen molar-refractivity contribution in [2.75, 3.05) is 4.90 Å². The molecular weight excluding hydrogens is 404 g/mol. The van der Waals surface area contributed by atoms with E-state index in [1.807, 2.05) is 62.4 Å². The molecule has 158 valence electrons. The zero-order valence-corrected chi connectivity index (χ0v) is 17.6. The number of nitro benzene ring substituents is 1. The van der Waals surface area contributed by atoms with Gasteiger partial charge in [0.05, 0.1) is 16.8 Å². The van der Waals surface area contributed by atoms with E-state index in [9.17, 15) is 19.7 Å². The van der Waals surface area contributed by atoms with Crippen molar-refractivity contribution < 1.29 is 14.5 Å². The normalized spacial score (nSPS) is 29.5. The molecule has 2 amide bonds. The Morgan fingerprint density at radius 2 is 1.09 bits per heavy atom. The summed E-state index contributed by atoms with van der Waals surface area (Å²) in [4.78, 5) is 40.1. The number of nitro groups is 1. The minimum atomic E-state index is -0.708. The lowest BCUT2D eigenvalue weighted by atomic mass is 9.42. The highest BCUT2D eigenvalue weighted by atomic mass is 16.6. The van der Waals surface area contributed by atoms with Gasteiger partial charge in [-0.2, -0.15) is 0 Å². The van der Waals surface area contributed by atoms with E-state index >= 15 is 0 Å². The molecular formula is C26H20N2O4. The fourth-order valence-corrected chi connectivity index (χ4v) is 6.62. The van der Waals surface area contributed by atoms with Crippen LogP contribution in [0.5, 0.6) is 0 Å². The molecule has 4 aliphatic rings. The van der Waals surface area contributed by atoms with Crippen molar-refractivity contribution in [3.63, 3.8) is 0 Å². The topological polar surface area (TPSA) is 80.5 Å². The minimum absolute atomic E-state index is 0.0432. The molecule has 0 radical (unpaired) electrons. The van der Waals surface area contributed by atoms with Gasteiger partial charge in [0.2, 0.25) is 11.8 Å². The van der Waals surface area contributed by atoms with Gasteiger partial charge in [-0.15, -0.1) is 0 Å². The number of anilines is 1. The molecule has 6 heteroatoms. The number of nitrogens with zero attached hydrogens (tertiary/aromatic N) is 2. The zero-order chi connectivity index (χ0) is 22.4. The number of carbonyl (C=O) groups excluding carboxylic acids is 2. The van der Waals surface area contributed by atoms with Gasteiger partial charge in [0.1, 0.15) is 5.69 Å². The molecule has 2 atom stereocenters. The number of rotatable bonds is 2. The summed E-state index contributed by atoms with van der Waals surface area (Å²) in [6, 6.07) is 22.0. The summed E-state index contributed by atoms with van der Waals surface area (Å²) in [6.45, 7) is 4.07. The molecule has 6 nitrogen and oxygen atoms in total. The van der Waals surface area contributed by atoms with Crippen LogP contribution >= 0.6 is 0 Å². The van der Waals surface area contributed by atoms with Crippen molar-refractivity contribution in [2.45, 2.75) is 24.7 Å². The predicted molar refractivity (Wildman–Crippen MR) is 118 cm³/mol. The lowest BCUT2D eigenvalue weighted by Crippen LogP contribution is -2.59. The van der Waals surface area contributed by atoms with Crippen LogP contribution in [0.15, 0.2) is 72.8 Å². The van der Waals surface area contributed by atoms with Gasteiger partial charge in [0.15, 0.2) is 0 Å². The van der Waals surface area contributed by atoms with E-state index in [4.69, 9.17) is 0 Å². The molecule has 0 aromatic heterocycles. The Labute approximate surface area is 184 Å². The monoisotopic (exact) mass is 424 g/mol. The number of carbonyl (C=O) groups is 2. The van der Waals surface area contributed by atoms with Gasteiger partial charge in [0.25, 0.3) is 5.69 Å². The Balaban J connectivity index is 1.66. The Morgan fingerprint density at radius 3 is 1.50 bits per heavy atom. The first-order chi connectivity index (χ1) is 15.3. The van der Waals surface area contributed by atoms with E-state index in [1.165, 1.54) is 18.2 Å². The van der Waals surface area contributed by atoms with Crippen molar-refractivity contribution in [1.82, 2.24) is 0 Å². The van der Waals surface area contributed by atoms with Crippen molar-refractivity contribution in [3.8, 4) is 0 Å². The van der Waals surface area contributed by atoms with Gasteiger partial charge >= 0.3 is 0 Å². The maximum atomic E-state index is 14.0. The number of hydrogen-bond acceptors (Lipinski definition) is 4. The van der Waals surface area contributed by atoms with Crippen molar-refractivity contribution in [3.05, 3.63) is 105 Å². The zero-order valence-electron chi connectivity index (χ0n) is 17.6. The SMILES string of the molecule is CC12c3ccccc3C(C)(c3ccccc31)[C@H]1C(=O)N(c3ccccc3[N+](=O)[O-])C(=O)[C@@H]12. The summed E-state index contributed by atoms with van der Waals surface area (Å²) >= 11 is 0. The molecule has 1 saturated heterocycles. The number of hydrogen-bond donors (Lipinski definition) is 0. The van der Waals surface area contributed by atoms with Crippen molar-refractivity contribution in [1.29, 1.82) is 0 Å². The minimum Gasteiger partial charge on any atom is -0.274 e. The first-order valence-corrected chi connectivity index (χ1v) is 10.6. The molecule has 1 fully saturated rings. The second kappa shape index (κ2) is 5.91. The molecule has 0 spiro atoms. The molecule has 1 heterocycles. The fourth-order valence-electron chi connectivity index (χ4n) is 6.62. The molecule has 32 heavy (non-hydrogen) atoms. The number of benzene rings is 3. The van der Waals surface area contributed by atoms with Gasteiger partial charge < -0.3 is 0 Å². The summed E-state index contributed by atoms with van der Waals surface area (Å²) in [5.74, 6) is -2.01. The van der Waals surface area contributed by atoms with E-state index in [-0.39, 0.29) is 23.2 Å². The summed E-state index contributed by atoms with van der Waals surface area (Å²) in [5.41, 5.74) is 2.58. The summed E-state index contributed by atoms with van der Waals surface area (Å²) < 4.78 is 0. The lowest BCUT2D eigenvalue weighted by molar-refractivity contribution is -0.384. The van der Waals surface area contributed by atoms with Gasteiger partial charge in [-0.3, -0.25) is 19.7 Å².